The molecule has 2 N–H and O–H groups in total. The maximum absolute atomic E-state index is 11.8. The molecule has 0 fully saturated rings. The summed E-state index contributed by atoms with van der Waals surface area (Å²) < 4.78 is 0. The Morgan fingerprint density at radius 3 is 2.26 bits per heavy atom. The first-order chi connectivity index (χ1) is 11.2. The van der Waals surface area contributed by atoms with Crippen LogP contribution in [0.4, 0.5) is 5.69 Å². The molecule has 116 valence electrons. The van der Waals surface area contributed by atoms with Crippen LogP contribution in [0.5, 0.6) is 0 Å². The van der Waals surface area contributed by atoms with Crippen molar-refractivity contribution in [2.75, 3.05) is 11.9 Å². The second-order valence-corrected chi connectivity index (χ2v) is 5.02. The summed E-state index contributed by atoms with van der Waals surface area (Å²) in [5.74, 6) is -0.491. The van der Waals surface area contributed by atoms with Gasteiger partial charge in [0.1, 0.15) is 0 Å². The summed E-state index contributed by atoms with van der Waals surface area (Å²) in [5, 5.41) is 13.9. The Kier molecular flexibility index (Phi) is 5.89. The molecule has 5 nitrogen and oxygen atoms in total. The Balaban J connectivity index is 1.76. The van der Waals surface area contributed by atoms with E-state index in [-0.39, 0.29) is 24.8 Å². The van der Waals surface area contributed by atoms with Gasteiger partial charge in [-0.1, -0.05) is 42.5 Å². The summed E-state index contributed by atoms with van der Waals surface area (Å²) >= 11 is 0. The Hall–Kier alpha value is -3.13. The molecular formula is C18H17N3O2. The van der Waals surface area contributed by atoms with Gasteiger partial charge in [0.05, 0.1) is 25.5 Å². The van der Waals surface area contributed by atoms with Crippen molar-refractivity contribution in [3.8, 4) is 6.07 Å². The summed E-state index contributed by atoms with van der Waals surface area (Å²) in [7, 11) is 0. The van der Waals surface area contributed by atoms with Crippen LogP contribution < -0.4 is 10.6 Å². The van der Waals surface area contributed by atoms with Gasteiger partial charge in [-0.05, 0) is 23.3 Å². The van der Waals surface area contributed by atoms with E-state index < -0.39 is 0 Å². The molecule has 2 rings (SSSR count). The molecule has 2 aromatic carbocycles. The van der Waals surface area contributed by atoms with E-state index in [2.05, 4.69) is 16.7 Å². The van der Waals surface area contributed by atoms with Crippen molar-refractivity contribution < 1.29 is 9.59 Å². The van der Waals surface area contributed by atoms with Crippen molar-refractivity contribution in [3.05, 3.63) is 65.7 Å². The predicted octanol–water partition coefficient (Wildman–Crippen LogP) is 2.05. The summed E-state index contributed by atoms with van der Waals surface area (Å²) in [5.41, 5.74) is 2.43. The summed E-state index contributed by atoms with van der Waals surface area (Å²) in [6, 6.07) is 18.4. The van der Waals surface area contributed by atoms with Crippen LogP contribution in [0, 0.1) is 11.3 Å². The molecule has 0 atom stereocenters. The minimum atomic E-state index is -0.292. The minimum absolute atomic E-state index is 0.0778. The van der Waals surface area contributed by atoms with E-state index in [4.69, 9.17) is 5.26 Å². The summed E-state index contributed by atoms with van der Waals surface area (Å²) in [6.45, 7) is -0.0778. The predicted molar refractivity (Wildman–Crippen MR) is 87.5 cm³/mol. The van der Waals surface area contributed by atoms with E-state index in [9.17, 15) is 9.59 Å². The topological polar surface area (TPSA) is 82.0 Å². The van der Waals surface area contributed by atoms with Gasteiger partial charge >= 0.3 is 0 Å². The Morgan fingerprint density at radius 2 is 1.61 bits per heavy atom. The molecule has 0 aliphatic heterocycles. The van der Waals surface area contributed by atoms with Crippen molar-refractivity contribution in [2.24, 2.45) is 0 Å². The monoisotopic (exact) mass is 307 g/mol. The van der Waals surface area contributed by atoms with Gasteiger partial charge < -0.3 is 10.6 Å². The number of carbonyl (C=O) groups is 2. The average molecular weight is 307 g/mol. The van der Waals surface area contributed by atoms with Gasteiger partial charge in [-0.25, -0.2) is 0 Å². The molecule has 0 bridgehead atoms. The highest BCUT2D eigenvalue weighted by atomic mass is 16.2. The quantitative estimate of drug-likeness (QED) is 0.857. The minimum Gasteiger partial charge on any atom is -0.347 e. The molecule has 0 saturated carbocycles. The number of nitriles is 1. The van der Waals surface area contributed by atoms with Crippen LogP contribution in [0.2, 0.25) is 0 Å². The molecule has 2 aromatic rings. The Bertz CT molecular complexity index is 703. The number of benzene rings is 2. The van der Waals surface area contributed by atoms with Gasteiger partial charge in [-0.2, -0.15) is 5.26 Å². The van der Waals surface area contributed by atoms with Gasteiger partial charge in [0.2, 0.25) is 11.8 Å². The van der Waals surface area contributed by atoms with Crippen LogP contribution in [0.3, 0.4) is 0 Å². The van der Waals surface area contributed by atoms with Gasteiger partial charge in [0.15, 0.2) is 0 Å². The van der Waals surface area contributed by atoms with Crippen molar-refractivity contribution in [1.29, 1.82) is 5.26 Å². The van der Waals surface area contributed by atoms with Crippen LogP contribution in [0.25, 0.3) is 0 Å². The van der Waals surface area contributed by atoms with Crippen molar-refractivity contribution in [2.45, 2.75) is 12.8 Å². The lowest BCUT2D eigenvalue weighted by molar-refractivity contribution is -0.123. The van der Waals surface area contributed by atoms with Gasteiger partial charge in [-0.3, -0.25) is 9.59 Å². The second kappa shape index (κ2) is 8.35. The van der Waals surface area contributed by atoms with E-state index in [1.165, 1.54) is 0 Å². The number of hydrogen-bond donors (Lipinski definition) is 2. The average Bonchev–Trinajstić information content (AvgIpc) is 2.56. The van der Waals surface area contributed by atoms with Gasteiger partial charge in [-0.15, -0.1) is 0 Å². The van der Waals surface area contributed by atoms with E-state index >= 15 is 0 Å². The lowest BCUT2D eigenvalue weighted by Crippen LogP contribution is -2.33. The highest BCUT2D eigenvalue weighted by molar-refractivity contribution is 5.94. The lowest BCUT2D eigenvalue weighted by atomic mass is 10.1. The molecule has 0 aliphatic carbocycles. The van der Waals surface area contributed by atoms with Crippen molar-refractivity contribution in [3.63, 3.8) is 0 Å². The highest BCUT2D eigenvalue weighted by Crippen LogP contribution is 2.09. The number of nitrogens with one attached hydrogen (secondary N) is 2. The van der Waals surface area contributed by atoms with E-state index in [0.29, 0.717) is 12.1 Å². The fraction of sp³-hybridized carbons (Fsp3) is 0.167. The highest BCUT2D eigenvalue weighted by Gasteiger charge is 2.07. The van der Waals surface area contributed by atoms with Crippen LogP contribution >= 0.6 is 0 Å². The zero-order valence-electron chi connectivity index (χ0n) is 12.6. The van der Waals surface area contributed by atoms with E-state index in [1.54, 1.807) is 24.3 Å². The number of amides is 2. The molecule has 0 spiro atoms. The number of anilines is 1. The third-order valence-electron chi connectivity index (χ3n) is 3.17. The summed E-state index contributed by atoms with van der Waals surface area (Å²) in [4.78, 5) is 23.6. The number of carbonyl (C=O) groups excluding carboxylic acids is 2. The molecule has 0 unspecified atom stereocenters. The van der Waals surface area contributed by atoms with E-state index in [0.717, 1.165) is 11.1 Å². The molecule has 5 heteroatoms. The standard InChI is InChI=1S/C18H17N3O2/c19-11-10-14-6-8-16(9-7-14)21-18(23)13-20-17(22)12-15-4-2-1-3-5-15/h1-9H,10,12-13H2,(H,20,22)(H,21,23). The van der Waals surface area contributed by atoms with Crippen LogP contribution in [0.15, 0.2) is 54.6 Å². The normalized spacial score (nSPS) is 9.70. The van der Waals surface area contributed by atoms with Gasteiger partial charge in [0, 0.05) is 5.69 Å². The smallest absolute Gasteiger partial charge is 0.243 e. The molecule has 0 radical (unpaired) electrons. The molecule has 0 aromatic heterocycles. The first-order valence-corrected chi connectivity index (χ1v) is 7.24. The van der Waals surface area contributed by atoms with Crippen LogP contribution in [-0.2, 0) is 22.4 Å². The Labute approximate surface area is 134 Å². The molecular weight excluding hydrogens is 290 g/mol. The fourth-order valence-electron chi connectivity index (χ4n) is 2.03. The Morgan fingerprint density at radius 1 is 0.913 bits per heavy atom. The first-order valence-electron chi connectivity index (χ1n) is 7.24. The zero-order chi connectivity index (χ0) is 16.5. The van der Waals surface area contributed by atoms with Crippen LogP contribution in [-0.4, -0.2) is 18.4 Å². The van der Waals surface area contributed by atoms with Crippen molar-refractivity contribution in [1.82, 2.24) is 5.32 Å². The first kappa shape index (κ1) is 16.2. The maximum atomic E-state index is 11.8. The maximum Gasteiger partial charge on any atom is 0.243 e. The molecule has 0 heterocycles. The fourth-order valence-corrected chi connectivity index (χ4v) is 2.03. The largest absolute Gasteiger partial charge is 0.347 e. The van der Waals surface area contributed by atoms with Crippen LogP contribution in [0.1, 0.15) is 11.1 Å². The number of rotatable bonds is 6. The number of hydrogen-bond acceptors (Lipinski definition) is 3. The SMILES string of the molecule is N#CCc1ccc(NC(=O)CNC(=O)Cc2ccccc2)cc1. The molecule has 0 aliphatic rings. The van der Waals surface area contributed by atoms with Gasteiger partial charge in [0.25, 0.3) is 0 Å². The summed E-state index contributed by atoms with van der Waals surface area (Å²) in [6.07, 6.45) is 0.584. The molecule has 23 heavy (non-hydrogen) atoms. The molecule has 2 amide bonds. The van der Waals surface area contributed by atoms with E-state index in [1.807, 2.05) is 30.3 Å². The number of nitrogens with zero attached hydrogens (tertiary/aromatic N) is 1. The third-order valence-corrected chi connectivity index (χ3v) is 3.17. The zero-order valence-corrected chi connectivity index (χ0v) is 12.6. The lowest BCUT2D eigenvalue weighted by Gasteiger charge is -2.07. The second-order valence-electron chi connectivity index (χ2n) is 5.02. The van der Waals surface area contributed by atoms with Crippen molar-refractivity contribution >= 4 is 17.5 Å². The third kappa shape index (κ3) is 5.64. The molecule has 0 saturated heterocycles.